The smallest absolute Gasteiger partial charge is 0.290 e. The Labute approximate surface area is 176 Å². The Hall–Kier alpha value is -2.41. The molecule has 0 saturated heterocycles. The summed E-state index contributed by atoms with van der Waals surface area (Å²) >= 11 is 18.3. The van der Waals surface area contributed by atoms with Crippen LogP contribution in [0.15, 0.2) is 42.5 Å². The van der Waals surface area contributed by atoms with Crippen molar-refractivity contribution in [2.45, 2.75) is 12.8 Å². The van der Waals surface area contributed by atoms with Crippen LogP contribution >= 0.6 is 34.8 Å². The highest BCUT2D eigenvalue weighted by atomic mass is 35.5. The van der Waals surface area contributed by atoms with E-state index in [4.69, 9.17) is 34.8 Å². The number of halogens is 3. The van der Waals surface area contributed by atoms with E-state index in [0.29, 0.717) is 33.7 Å². The third kappa shape index (κ3) is 4.04. The first-order valence-electron chi connectivity index (χ1n) is 8.35. The Morgan fingerprint density at radius 1 is 1.11 bits per heavy atom. The lowest BCUT2D eigenvalue weighted by atomic mass is 10.0. The van der Waals surface area contributed by atoms with Crippen molar-refractivity contribution < 1.29 is 9.59 Å². The highest BCUT2D eigenvalue weighted by molar-refractivity contribution is 6.35. The van der Waals surface area contributed by atoms with Gasteiger partial charge >= 0.3 is 0 Å². The lowest BCUT2D eigenvalue weighted by molar-refractivity contribution is 0.0945. The van der Waals surface area contributed by atoms with E-state index in [1.54, 1.807) is 43.3 Å². The van der Waals surface area contributed by atoms with Gasteiger partial charge in [0.1, 0.15) is 5.82 Å². The molecule has 0 bridgehead atoms. The second-order valence-corrected chi connectivity index (χ2v) is 6.84. The number of hydrogen-bond donors (Lipinski definition) is 1. The molecule has 144 valence electrons. The Bertz CT molecular complexity index is 1050. The topological polar surface area (TPSA) is 76.9 Å². The maximum absolute atomic E-state index is 13.1. The molecule has 0 fully saturated rings. The summed E-state index contributed by atoms with van der Waals surface area (Å²) in [5, 5.41) is 7.56. The van der Waals surface area contributed by atoms with Crippen molar-refractivity contribution in [2.75, 3.05) is 6.54 Å². The number of alkyl halides is 1. The average molecular weight is 438 g/mol. The van der Waals surface area contributed by atoms with E-state index in [9.17, 15) is 9.59 Å². The standard InChI is InChI=1S/C19H15Cl3N4O2/c1-2-23-19(28)18-24-16(10-20)26(25-18)15-8-7-11(21)9-13(15)17(27)12-5-3-4-6-14(12)22/h3-9H,2,10H2,1H3,(H,23,28). The van der Waals surface area contributed by atoms with Gasteiger partial charge < -0.3 is 5.32 Å². The molecule has 3 aromatic rings. The minimum Gasteiger partial charge on any atom is -0.350 e. The second kappa shape index (κ2) is 8.73. The zero-order chi connectivity index (χ0) is 20.3. The molecule has 0 unspecified atom stereocenters. The fourth-order valence-electron chi connectivity index (χ4n) is 2.62. The number of carbonyl (C=O) groups is 2. The van der Waals surface area contributed by atoms with E-state index in [1.165, 1.54) is 10.7 Å². The van der Waals surface area contributed by atoms with Gasteiger partial charge in [0.2, 0.25) is 5.82 Å². The monoisotopic (exact) mass is 436 g/mol. The van der Waals surface area contributed by atoms with Gasteiger partial charge in [-0.1, -0.05) is 35.3 Å². The number of ketones is 1. The minimum atomic E-state index is -0.430. The molecule has 0 aliphatic heterocycles. The van der Waals surface area contributed by atoms with Crippen LogP contribution in [0.25, 0.3) is 5.69 Å². The van der Waals surface area contributed by atoms with Crippen molar-refractivity contribution in [1.29, 1.82) is 0 Å². The van der Waals surface area contributed by atoms with Crippen LogP contribution in [-0.2, 0) is 5.88 Å². The highest BCUT2D eigenvalue weighted by Gasteiger charge is 2.22. The lowest BCUT2D eigenvalue weighted by Gasteiger charge is -2.11. The average Bonchev–Trinajstić information content (AvgIpc) is 3.12. The summed E-state index contributed by atoms with van der Waals surface area (Å²) in [6.45, 7) is 2.22. The van der Waals surface area contributed by atoms with Gasteiger partial charge in [-0.15, -0.1) is 16.7 Å². The maximum Gasteiger partial charge on any atom is 0.290 e. The van der Waals surface area contributed by atoms with Crippen LogP contribution in [0.3, 0.4) is 0 Å². The Morgan fingerprint density at radius 2 is 1.86 bits per heavy atom. The number of rotatable bonds is 6. The third-order valence-corrected chi connectivity index (χ3v) is 4.69. The molecule has 9 heteroatoms. The molecule has 0 aliphatic carbocycles. The van der Waals surface area contributed by atoms with Gasteiger partial charge in [-0.3, -0.25) is 9.59 Å². The molecule has 0 saturated carbocycles. The third-order valence-electron chi connectivity index (χ3n) is 3.88. The van der Waals surface area contributed by atoms with Crippen molar-refractivity contribution in [3.05, 3.63) is 75.3 Å². The van der Waals surface area contributed by atoms with Crippen molar-refractivity contribution >= 4 is 46.5 Å². The van der Waals surface area contributed by atoms with E-state index >= 15 is 0 Å². The number of nitrogens with zero attached hydrogens (tertiary/aromatic N) is 3. The largest absolute Gasteiger partial charge is 0.350 e. The predicted molar refractivity (Wildman–Crippen MR) is 109 cm³/mol. The number of benzene rings is 2. The lowest BCUT2D eigenvalue weighted by Crippen LogP contribution is -2.24. The molecule has 1 aromatic heterocycles. The normalized spacial score (nSPS) is 10.7. The van der Waals surface area contributed by atoms with Crippen molar-refractivity contribution in [1.82, 2.24) is 20.1 Å². The fraction of sp³-hybridized carbons (Fsp3) is 0.158. The van der Waals surface area contributed by atoms with Crippen molar-refractivity contribution in [2.24, 2.45) is 0 Å². The van der Waals surface area contributed by atoms with Crippen LogP contribution in [0, 0.1) is 0 Å². The predicted octanol–water partition coefficient (Wildman–Crippen LogP) is 4.29. The van der Waals surface area contributed by atoms with E-state index in [0.717, 1.165) is 0 Å². The van der Waals surface area contributed by atoms with Crippen molar-refractivity contribution in [3.8, 4) is 5.69 Å². The van der Waals surface area contributed by atoms with Gasteiger partial charge in [0.15, 0.2) is 5.78 Å². The Balaban J connectivity index is 2.15. The molecule has 0 radical (unpaired) electrons. The summed E-state index contributed by atoms with van der Waals surface area (Å²) in [4.78, 5) is 29.4. The van der Waals surface area contributed by atoms with E-state index in [-0.39, 0.29) is 23.1 Å². The maximum atomic E-state index is 13.1. The van der Waals surface area contributed by atoms with Crippen LogP contribution in [0.2, 0.25) is 10.0 Å². The summed E-state index contributed by atoms with van der Waals surface area (Å²) in [6.07, 6.45) is 0. The van der Waals surface area contributed by atoms with Crippen LogP contribution in [0.1, 0.15) is 39.3 Å². The molecular formula is C19H15Cl3N4O2. The van der Waals surface area contributed by atoms with Gasteiger partial charge in [0.25, 0.3) is 5.91 Å². The van der Waals surface area contributed by atoms with Crippen LogP contribution in [0.4, 0.5) is 0 Å². The number of aromatic nitrogens is 3. The minimum absolute atomic E-state index is 0.00520. The summed E-state index contributed by atoms with van der Waals surface area (Å²) in [7, 11) is 0. The molecule has 1 amide bonds. The fourth-order valence-corrected chi connectivity index (χ4v) is 3.19. The van der Waals surface area contributed by atoms with Gasteiger partial charge in [-0.25, -0.2) is 9.67 Å². The first kappa shape index (κ1) is 20.3. The quantitative estimate of drug-likeness (QED) is 0.461. The van der Waals surface area contributed by atoms with Gasteiger partial charge in [0, 0.05) is 22.7 Å². The van der Waals surface area contributed by atoms with Crippen molar-refractivity contribution in [3.63, 3.8) is 0 Å². The second-order valence-electron chi connectivity index (χ2n) is 5.73. The summed E-state index contributed by atoms with van der Waals surface area (Å²) in [5.41, 5.74) is 0.983. The molecule has 0 aliphatic rings. The zero-order valence-electron chi connectivity index (χ0n) is 14.7. The van der Waals surface area contributed by atoms with E-state index in [1.807, 2.05) is 0 Å². The first-order chi connectivity index (χ1) is 13.5. The van der Waals surface area contributed by atoms with E-state index < -0.39 is 5.91 Å². The molecule has 28 heavy (non-hydrogen) atoms. The molecular weight excluding hydrogens is 423 g/mol. The van der Waals surface area contributed by atoms with Crippen LogP contribution < -0.4 is 5.32 Å². The van der Waals surface area contributed by atoms with Crippen LogP contribution in [0.5, 0.6) is 0 Å². The SMILES string of the molecule is CCNC(=O)c1nc(CCl)n(-c2ccc(Cl)cc2C(=O)c2ccccc2Cl)n1. The Kier molecular flexibility index (Phi) is 6.34. The van der Waals surface area contributed by atoms with Crippen LogP contribution in [-0.4, -0.2) is 33.0 Å². The molecule has 6 nitrogen and oxygen atoms in total. The molecule has 1 N–H and O–H groups in total. The summed E-state index contributed by atoms with van der Waals surface area (Å²) in [5.74, 6) is -0.490. The zero-order valence-corrected chi connectivity index (χ0v) is 17.0. The van der Waals surface area contributed by atoms with Gasteiger partial charge in [0.05, 0.1) is 16.6 Å². The van der Waals surface area contributed by atoms with E-state index in [2.05, 4.69) is 15.4 Å². The summed E-state index contributed by atoms with van der Waals surface area (Å²) < 4.78 is 1.37. The molecule has 1 heterocycles. The summed E-state index contributed by atoms with van der Waals surface area (Å²) in [6, 6.07) is 11.5. The highest BCUT2D eigenvalue weighted by Crippen LogP contribution is 2.26. The number of hydrogen-bond acceptors (Lipinski definition) is 4. The van der Waals surface area contributed by atoms with Gasteiger partial charge in [-0.05, 0) is 37.3 Å². The first-order valence-corrected chi connectivity index (χ1v) is 9.64. The number of nitrogens with one attached hydrogen (secondary N) is 1. The number of amides is 1. The van der Waals surface area contributed by atoms with Gasteiger partial charge in [-0.2, -0.15) is 0 Å². The Morgan fingerprint density at radius 3 is 2.54 bits per heavy atom. The number of carbonyl (C=O) groups excluding carboxylic acids is 2. The molecule has 0 atom stereocenters. The molecule has 0 spiro atoms. The molecule has 3 rings (SSSR count). The molecule has 2 aromatic carbocycles.